The van der Waals surface area contributed by atoms with Gasteiger partial charge in [-0.2, -0.15) is 10.2 Å². The maximum absolute atomic E-state index is 12.6. The van der Waals surface area contributed by atoms with E-state index in [9.17, 15) is 4.79 Å². The van der Waals surface area contributed by atoms with Gasteiger partial charge in [-0.3, -0.25) is 14.6 Å². The Morgan fingerprint density at radius 1 is 1.37 bits per heavy atom. The number of nitrogens with one attached hydrogen (secondary N) is 1. The first-order chi connectivity index (χ1) is 9.27. The van der Waals surface area contributed by atoms with Gasteiger partial charge in [0, 0.05) is 26.0 Å². The maximum atomic E-state index is 12.6. The van der Waals surface area contributed by atoms with Crippen LogP contribution in [0.25, 0.3) is 0 Å². The van der Waals surface area contributed by atoms with Gasteiger partial charge in [0.1, 0.15) is 5.69 Å². The maximum Gasteiger partial charge on any atom is 0.272 e. The molecule has 100 valence electrons. The molecule has 1 aliphatic rings. The number of nitrogens with zero attached hydrogens (tertiary/aromatic N) is 4. The minimum atomic E-state index is 0.0410. The van der Waals surface area contributed by atoms with Crippen molar-refractivity contribution in [3.63, 3.8) is 0 Å². The van der Waals surface area contributed by atoms with Crippen LogP contribution in [0.4, 0.5) is 0 Å². The third kappa shape index (κ3) is 2.14. The number of carbonyl (C=O) groups is 1. The van der Waals surface area contributed by atoms with E-state index in [0.717, 1.165) is 31.5 Å². The number of aromatic nitrogens is 4. The Morgan fingerprint density at radius 2 is 2.26 bits per heavy atom. The second kappa shape index (κ2) is 4.87. The van der Waals surface area contributed by atoms with E-state index in [1.165, 1.54) is 0 Å². The average molecular weight is 259 g/mol. The van der Waals surface area contributed by atoms with Crippen LogP contribution in [0.3, 0.4) is 0 Å². The molecule has 2 aromatic rings. The van der Waals surface area contributed by atoms with Crippen LogP contribution in [0.1, 0.15) is 41.5 Å². The van der Waals surface area contributed by atoms with Gasteiger partial charge in [-0.15, -0.1) is 0 Å². The van der Waals surface area contributed by atoms with Crippen LogP contribution in [0.5, 0.6) is 0 Å². The number of likely N-dealkylation sites (tertiary alicyclic amines) is 1. The first-order valence-electron chi connectivity index (χ1n) is 6.55. The van der Waals surface area contributed by atoms with Crippen LogP contribution in [-0.4, -0.2) is 37.3 Å². The summed E-state index contributed by atoms with van der Waals surface area (Å²) in [7, 11) is 1.79. The largest absolute Gasteiger partial charge is 0.329 e. The van der Waals surface area contributed by atoms with E-state index in [2.05, 4.69) is 15.3 Å². The highest BCUT2D eigenvalue weighted by molar-refractivity contribution is 5.92. The molecule has 3 rings (SSSR count). The molecule has 2 aromatic heterocycles. The SMILES string of the molecule is Cn1nccc1C(=O)N1CCCC[C@@H]1c1ccn[nH]1. The fourth-order valence-corrected chi connectivity index (χ4v) is 2.68. The lowest BCUT2D eigenvalue weighted by atomic mass is 9.99. The van der Waals surface area contributed by atoms with Crippen LogP contribution < -0.4 is 0 Å². The summed E-state index contributed by atoms with van der Waals surface area (Å²) in [5.41, 5.74) is 1.64. The summed E-state index contributed by atoms with van der Waals surface area (Å²) in [6.45, 7) is 0.785. The van der Waals surface area contributed by atoms with Crippen molar-refractivity contribution in [2.75, 3.05) is 6.54 Å². The van der Waals surface area contributed by atoms with Crippen molar-refractivity contribution in [3.05, 3.63) is 35.9 Å². The summed E-state index contributed by atoms with van der Waals surface area (Å²) in [6.07, 6.45) is 6.55. The standard InChI is InChI=1S/C13H17N5O/c1-17-12(6-8-15-17)13(19)18-9-3-2-4-11(18)10-5-7-14-16-10/h5-8,11H,2-4,9H2,1H3,(H,14,16)/t11-/m1/s1. The molecule has 0 aliphatic carbocycles. The summed E-state index contributed by atoms with van der Waals surface area (Å²) in [6, 6.07) is 3.80. The number of hydrogen-bond acceptors (Lipinski definition) is 3. The number of H-pyrrole nitrogens is 1. The highest BCUT2D eigenvalue weighted by atomic mass is 16.2. The summed E-state index contributed by atoms with van der Waals surface area (Å²) < 4.78 is 1.63. The molecule has 0 spiro atoms. The van der Waals surface area contributed by atoms with Gasteiger partial charge in [0.25, 0.3) is 5.91 Å². The lowest BCUT2D eigenvalue weighted by molar-refractivity contribution is 0.0594. The molecule has 6 heteroatoms. The predicted octanol–water partition coefficient (Wildman–Crippen LogP) is 1.51. The van der Waals surface area contributed by atoms with Crippen LogP contribution in [0.2, 0.25) is 0 Å². The molecule has 3 heterocycles. The first kappa shape index (κ1) is 12.0. The second-order valence-electron chi connectivity index (χ2n) is 4.86. The highest BCUT2D eigenvalue weighted by Gasteiger charge is 2.30. The third-order valence-corrected chi connectivity index (χ3v) is 3.68. The Hall–Kier alpha value is -2.11. The number of piperidine rings is 1. The summed E-state index contributed by atoms with van der Waals surface area (Å²) in [4.78, 5) is 14.5. The van der Waals surface area contributed by atoms with Crippen molar-refractivity contribution in [1.82, 2.24) is 24.9 Å². The fraction of sp³-hybridized carbons (Fsp3) is 0.462. The van der Waals surface area contributed by atoms with Crippen LogP contribution in [-0.2, 0) is 7.05 Å². The number of aryl methyl sites for hydroxylation is 1. The smallest absolute Gasteiger partial charge is 0.272 e. The van der Waals surface area contributed by atoms with Crippen LogP contribution in [0, 0.1) is 0 Å². The van der Waals surface area contributed by atoms with Gasteiger partial charge in [0.2, 0.25) is 0 Å². The monoisotopic (exact) mass is 259 g/mol. The van der Waals surface area contributed by atoms with Crippen molar-refractivity contribution < 1.29 is 4.79 Å². The third-order valence-electron chi connectivity index (χ3n) is 3.68. The summed E-state index contributed by atoms with van der Waals surface area (Å²) in [5.74, 6) is 0.0410. The van der Waals surface area contributed by atoms with Gasteiger partial charge in [-0.25, -0.2) is 0 Å². The number of carbonyl (C=O) groups excluding carboxylic acids is 1. The van der Waals surface area contributed by atoms with Crippen molar-refractivity contribution >= 4 is 5.91 Å². The zero-order valence-corrected chi connectivity index (χ0v) is 10.9. The van der Waals surface area contributed by atoms with E-state index in [4.69, 9.17) is 0 Å². The van der Waals surface area contributed by atoms with Gasteiger partial charge < -0.3 is 4.90 Å². The Kier molecular flexibility index (Phi) is 3.06. The fourth-order valence-electron chi connectivity index (χ4n) is 2.68. The number of hydrogen-bond donors (Lipinski definition) is 1. The lowest BCUT2D eigenvalue weighted by Crippen LogP contribution is -2.39. The van der Waals surface area contributed by atoms with Crippen molar-refractivity contribution in [1.29, 1.82) is 0 Å². The molecule has 1 amide bonds. The molecule has 1 aliphatic heterocycles. The Balaban J connectivity index is 1.89. The van der Waals surface area contributed by atoms with Gasteiger partial charge in [-0.05, 0) is 31.4 Å². The van der Waals surface area contributed by atoms with E-state index >= 15 is 0 Å². The van der Waals surface area contributed by atoms with Gasteiger partial charge in [0.05, 0.1) is 11.7 Å². The molecule has 1 fully saturated rings. The Morgan fingerprint density at radius 3 is 2.95 bits per heavy atom. The molecular weight excluding hydrogens is 242 g/mol. The normalized spacial score (nSPS) is 19.6. The number of rotatable bonds is 2. The molecule has 0 radical (unpaired) electrons. The molecule has 1 atom stereocenters. The minimum Gasteiger partial charge on any atom is -0.329 e. The molecule has 1 N–H and O–H groups in total. The van der Waals surface area contributed by atoms with Crippen molar-refractivity contribution in [3.8, 4) is 0 Å². The topological polar surface area (TPSA) is 66.8 Å². The lowest BCUT2D eigenvalue weighted by Gasteiger charge is -2.35. The molecule has 19 heavy (non-hydrogen) atoms. The molecule has 0 saturated carbocycles. The predicted molar refractivity (Wildman–Crippen MR) is 69.4 cm³/mol. The van der Waals surface area contributed by atoms with E-state index in [1.807, 2.05) is 11.0 Å². The average Bonchev–Trinajstić information content (AvgIpc) is 3.09. The molecular formula is C13H17N5O. The number of aromatic amines is 1. The van der Waals surface area contributed by atoms with Crippen molar-refractivity contribution in [2.24, 2.45) is 7.05 Å². The zero-order chi connectivity index (χ0) is 13.2. The molecule has 6 nitrogen and oxygen atoms in total. The molecule has 0 unspecified atom stereocenters. The van der Waals surface area contributed by atoms with Gasteiger partial charge >= 0.3 is 0 Å². The molecule has 1 saturated heterocycles. The van der Waals surface area contributed by atoms with E-state index in [0.29, 0.717) is 5.69 Å². The zero-order valence-electron chi connectivity index (χ0n) is 10.9. The van der Waals surface area contributed by atoms with E-state index in [1.54, 1.807) is 30.2 Å². The Bertz CT molecular complexity index is 559. The first-order valence-corrected chi connectivity index (χ1v) is 6.55. The van der Waals surface area contributed by atoms with Crippen LogP contribution in [0.15, 0.2) is 24.5 Å². The molecule has 0 bridgehead atoms. The minimum absolute atomic E-state index is 0.0410. The quantitative estimate of drug-likeness (QED) is 0.889. The van der Waals surface area contributed by atoms with Crippen LogP contribution >= 0.6 is 0 Å². The molecule has 0 aromatic carbocycles. The highest BCUT2D eigenvalue weighted by Crippen LogP contribution is 2.30. The van der Waals surface area contributed by atoms with Gasteiger partial charge in [0.15, 0.2) is 0 Å². The van der Waals surface area contributed by atoms with E-state index < -0.39 is 0 Å². The summed E-state index contributed by atoms with van der Waals surface area (Å²) in [5, 5.41) is 11.0. The van der Waals surface area contributed by atoms with Gasteiger partial charge in [-0.1, -0.05) is 0 Å². The van der Waals surface area contributed by atoms with Crippen molar-refractivity contribution in [2.45, 2.75) is 25.3 Å². The number of amides is 1. The summed E-state index contributed by atoms with van der Waals surface area (Å²) >= 11 is 0. The van der Waals surface area contributed by atoms with E-state index in [-0.39, 0.29) is 11.9 Å². The second-order valence-corrected chi connectivity index (χ2v) is 4.86. The Labute approximate surface area is 111 Å².